The van der Waals surface area contributed by atoms with Crippen molar-refractivity contribution in [2.45, 2.75) is 11.4 Å². The molecule has 1 aliphatic heterocycles. The van der Waals surface area contributed by atoms with Crippen molar-refractivity contribution in [2.24, 2.45) is 4.99 Å². The van der Waals surface area contributed by atoms with Gasteiger partial charge in [-0.2, -0.15) is 4.39 Å². The van der Waals surface area contributed by atoms with Crippen LogP contribution in [0.15, 0.2) is 70.7 Å². The van der Waals surface area contributed by atoms with Gasteiger partial charge in [0.2, 0.25) is 11.9 Å². The van der Waals surface area contributed by atoms with Crippen molar-refractivity contribution in [1.82, 2.24) is 9.71 Å². The Morgan fingerprint density at radius 3 is 2.62 bits per heavy atom. The van der Waals surface area contributed by atoms with E-state index in [1.807, 2.05) is 0 Å². The number of para-hydroxylation sites is 2. The number of pyridine rings is 1. The summed E-state index contributed by atoms with van der Waals surface area (Å²) in [5.74, 6) is 0.0678. The van der Waals surface area contributed by atoms with Crippen LogP contribution in [0.3, 0.4) is 0 Å². The molecular weight excluding hydrogens is 419 g/mol. The van der Waals surface area contributed by atoms with Crippen LogP contribution >= 0.6 is 11.6 Å². The first-order chi connectivity index (χ1) is 13.9. The molecule has 3 aromatic rings. The maximum Gasteiger partial charge on any atom is 0.266 e. The Morgan fingerprint density at radius 2 is 1.86 bits per heavy atom. The molecule has 0 radical (unpaired) electrons. The molecule has 1 aromatic heterocycles. The molecule has 0 spiro atoms. The number of aromatic nitrogens is 1. The number of benzene rings is 2. The lowest BCUT2D eigenvalue weighted by atomic mass is 10.2. The number of rotatable bonds is 4. The van der Waals surface area contributed by atoms with Crippen molar-refractivity contribution in [1.29, 1.82) is 0 Å². The van der Waals surface area contributed by atoms with Gasteiger partial charge in [-0.25, -0.2) is 23.1 Å². The summed E-state index contributed by atoms with van der Waals surface area (Å²) in [5.41, 5.74) is 0.855. The van der Waals surface area contributed by atoms with Gasteiger partial charge < -0.3 is 10.1 Å². The van der Waals surface area contributed by atoms with Crippen LogP contribution in [0.4, 0.5) is 10.1 Å². The summed E-state index contributed by atoms with van der Waals surface area (Å²) in [6.07, 6.45) is 1.33. The van der Waals surface area contributed by atoms with E-state index in [-0.39, 0.29) is 28.8 Å². The molecule has 2 heterocycles. The molecule has 0 saturated heterocycles. The van der Waals surface area contributed by atoms with Crippen LogP contribution in [0.2, 0.25) is 5.02 Å². The Kier molecular flexibility index (Phi) is 5.08. The van der Waals surface area contributed by atoms with E-state index in [1.165, 1.54) is 24.4 Å². The number of halogens is 2. The molecule has 4 rings (SSSR count). The average molecular weight is 433 g/mol. The zero-order valence-corrected chi connectivity index (χ0v) is 16.3. The summed E-state index contributed by atoms with van der Waals surface area (Å²) in [6.45, 7) is 0.0982. The smallest absolute Gasteiger partial charge is 0.266 e. The Hall–Kier alpha value is -3.17. The summed E-state index contributed by atoms with van der Waals surface area (Å²) in [4.78, 5) is 7.78. The van der Waals surface area contributed by atoms with Gasteiger partial charge in [0.25, 0.3) is 10.0 Å². The molecule has 1 aliphatic rings. The largest absolute Gasteiger partial charge is 0.454 e. The van der Waals surface area contributed by atoms with E-state index < -0.39 is 16.0 Å². The number of hydrogen-bond donors (Lipinski definition) is 2. The van der Waals surface area contributed by atoms with E-state index in [0.717, 1.165) is 0 Å². The third-order valence-electron chi connectivity index (χ3n) is 4.02. The van der Waals surface area contributed by atoms with Crippen molar-refractivity contribution >= 4 is 33.3 Å². The van der Waals surface area contributed by atoms with Crippen LogP contribution in [0.1, 0.15) is 5.56 Å². The van der Waals surface area contributed by atoms with Gasteiger partial charge >= 0.3 is 0 Å². The van der Waals surface area contributed by atoms with E-state index >= 15 is 0 Å². The number of sulfonamides is 1. The predicted molar refractivity (Wildman–Crippen MR) is 107 cm³/mol. The highest BCUT2D eigenvalue weighted by atomic mass is 35.5. The third kappa shape index (κ3) is 4.15. The minimum Gasteiger partial charge on any atom is -0.454 e. The Bertz CT molecular complexity index is 1200. The van der Waals surface area contributed by atoms with Crippen molar-refractivity contribution in [2.75, 3.05) is 5.32 Å². The second-order valence-corrected chi connectivity index (χ2v) is 8.10. The van der Waals surface area contributed by atoms with Gasteiger partial charge in [-0.15, -0.1) is 0 Å². The van der Waals surface area contributed by atoms with Crippen LogP contribution in [0.5, 0.6) is 11.5 Å². The first-order valence-corrected chi connectivity index (χ1v) is 10.3. The van der Waals surface area contributed by atoms with Crippen LogP contribution < -0.4 is 14.8 Å². The molecule has 0 fully saturated rings. The maximum atomic E-state index is 12.9. The van der Waals surface area contributed by atoms with Crippen molar-refractivity contribution in [3.8, 4) is 11.5 Å². The van der Waals surface area contributed by atoms with Gasteiger partial charge in [-0.05, 0) is 35.9 Å². The lowest BCUT2D eigenvalue weighted by molar-refractivity contribution is 0.483. The molecule has 148 valence electrons. The summed E-state index contributed by atoms with van der Waals surface area (Å²) >= 11 is 6.14. The summed E-state index contributed by atoms with van der Waals surface area (Å²) in [5, 5.41) is 3.33. The monoisotopic (exact) mass is 432 g/mol. The molecular formula is C19H14ClFN4O3S. The second kappa shape index (κ2) is 7.69. The van der Waals surface area contributed by atoms with E-state index in [1.54, 1.807) is 36.4 Å². The van der Waals surface area contributed by atoms with Crippen molar-refractivity contribution in [3.63, 3.8) is 0 Å². The lowest BCUT2D eigenvalue weighted by Gasteiger charge is -2.23. The second-order valence-electron chi connectivity index (χ2n) is 6.05. The third-order valence-corrected chi connectivity index (χ3v) is 5.71. The fraction of sp³-hybridized carbons (Fsp3) is 0.0526. The fourth-order valence-corrected chi connectivity index (χ4v) is 3.99. The molecule has 0 amide bonds. The Balaban J connectivity index is 1.67. The fourth-order valence-electron chi connectivity index (χ4n) is 2.66. The van der Waals surface area contributed by atoms with E-state index in [9.17, 15) is 12.8 Å². The number of guanidine groups is 1. The summed E-state index contributed by atoms with van der Waals surface area (Å²) < 4.78 is 46.4. The van der Waals surface area contributed by atoms with Gasteiger partial charge in [0.15, 0.2) is 5.75 Å². The molecule has 0 unspecified atom stereocenters. The lowest BCUT2D eigenvalue weighted by Crippen LogP contribution is -2.40. The van der Waals surface area contributed by atoms with E-state index in [0.29, 0.717) is 16.3 Å². The highest BCUT2D eigenvalue weighted by Gasteiger charge is 2.29. The van der Waals surface area contributed by atoms with Crippen LogP contribution in [-0.2, 0) is 16.6 Å². The SMILES string of the molecule is O=S1(=O)NC(=NCc2ccc(F)nc2)Nc2c(Oc3ccccc3Cl)cccc21. The number of nitrogens with one attached hydrogen (secondary N) is 2. The van der Waals surface area contributed by atoms with Gasteiger partial charge in [-0.3, -0.25) is 0 Å². The highest BCUT2D eigenvalue weighted by Crippen LogP contribution is 2.38. The minimum absolute atomic E-state index is 0.0111. The number of nitrogens with zero attached hydrogens (tertiary/aromatic N) is 2. The maximum absolute atomic E-state index is 12.9. The zero-order valence-electron chi connectivity index (χ0n) is 14.8. The first-order valence-electron chi connectivity index (χ1n) is 8.42. The summed E-state index contributed by atoms with van der Waals surface area (Å²) in [7, 11) is -3.86. The van der Waals surface area contributed by atoms with Crippen LogP contribution in [0, 0.1) is 5.95 Å². The number of anilines is 1. The molecule has 0 saturated carbocycles. The van der Waals surface area contributed by atoms with Gasteiger partial charge in [0, 0.05) is 6.20 Å². The topological polar surface area (TPSA) is 92.7 Å². The zero-order chi connectivity index (χ0) is 20.4. The minimum atomic E-state index is -3.86. The predicted octanol–water partition coefficient (Wildman–Crippen LogP) is 3.93. The molecule has 2 aromatic carbocycles. The first kappa shape index (κ1) is 19.2. The standard InChI is InChI=1S/C19H14ClFN4O3S/c20-13-4-1-2-5-14(13)28-15-6-3-7-16-18(15)24-19(25-29(16,26)27)23-11-12-8-9-17(21)22-10-12/h1-10H,11H2,(H2,23,24,25). The molecule has 10 heteroatoms. The number of ether oxygens (including phenoxy) is 1. The van der Waals surface area contributed by atoms with Gasteiger partial charge in [-0.1, -0.05) is 35.9 Å². The number of aliphatic imine (C=N–C) groups is 1. The van der Waals surface area contributed by atoms with Gasteiger partial charge in [0.05, 0.1) is 11.6 Å². The normalized spacial score (nSPS) is 15.9. The van der Waals surface area contributed by atoms with E-state index in [2.05, 4.69) is 20.0 Å². The average Bonchev–Trinajstić information content (AvgIpc) is 2.69. The molecule has 2 N–H and O–H groups in total. The number of fused-ring (bicyclic) bond motifs is 1. The molecule has 7 nitrogen and oxygen atoms in total. The van der Waals surface area contributed by atoms with Crippen molar-refractivity contribution in [3.05, 3.63) is 77.3 Å². The van der Waals surface area contributed by atoms with Crippen LogP contribution in [0.25, 0.3) is 0 Å². The van der Waals surface area contributed by atoms with E-state index in [4.69, 9.17) is 16.3 Å². The quantitative estimate of drug-likeness (QED) is 0.609. The Labute approximate surface area is 171 Å². The van der Waals surface area contributed by atoms with Crippen molar-refractivity contribution < 1.29 is 17.5 Å². The molecule has 0 bridgehead atoms. The van der Waals surface area contributed by atoms with Gasteiger partial charge in [0.1, 0.15) is 16.3 Å². The Morgan fingerprint density at radius 1 is 1.07 bits per heavy atom. The molecule has 29 heavy (non-hydrogen) atoms. The number of hydrogen-bond acceptors (Lipinski definition) is 5. The molecule has 0 atom stereocenters. The molecule has 0 aliphatic carbocycles. The van der Waals surface area contributed by atoms with Crippen LogP contribution in [-0.4, -0.2) is 19.4 Å². The summed E-state index contributed by atoms with van der Waals surface area (Å²) in [6, 6.07) is 14.2. The highest BCUT2D eigenvalue weighted by molar-refractivity contribution is 7.90.